The standard InChI is InChI=1S/C15H21N3O3S/c1-3-16-13(19)8-17-14(20)9-22-10-15(21)18-12-6-4-5-11(2)7-12/h4-7H,3,8-10H2,1-2H3,(H,16,19)(H,17,20)(H,18,21). The molecule has 0 atom stereocenters. The highest BCUT2D eigenvalue weighted by Gasteiger charge is 2.07. The Kier molecular flexibility index (Phi) is 8.06. The van der Waals surface area contributed by atoms with Crippen molar-refractivity contribution in [2.24, 2.45) is 0 Å². The fourth-order valence-electron chi connectivity index (χ4n) is 1.65. The summed E-state index contributed by atoms with van der Waals surface area (Å²) in [4.78, 5) is 34.4. The van der Waals surface area contributed by atoms with Gasteiger partial charge < -0.3 is 16.0 Å². The van der Waals surface area contributed by atoms with Gasteiger partial charge in [0.05, 0.1) is 18.1 Å². The lowest BCUT2D eigenvalue weighted by molar-refractivity contribution is -0.124. The molecule has 0 bridgehead atoms. The number of carbonyl (C=O) groups is 3. The van der Waals surface area contributed by atoms with Crippen molar-refractivity contribution >= 4 is 35.2 Å². The highest BCUT2D eigenvalue weighted by atomic mass is 32.2. The van der Waals surface area contributed by atoms with E-state index in [1.165, 1.54) is 11.8 Å². The number of anilines is 1. The summed E-state index contributed by atoms with van der Waals surface area (Å²) in [7, 11) is 0. The topological polar surface area (TPSA) is 87.3 Å². The highest BCUT2D eigenvalue weighted by Crippen LogP contribution is 2.10. The summed E-state index contributed by atoms with van der Waals surface area (Å²) in [6.45, 7) is 4.25. The molecule has 0 aliphatic heterocycles. The first kappa shape index (κ1) is 18.0. The quantitative estimate of drug-likeness (QED) is 0.664. The molecule has 1 aromatic carbocycles. The van der Waals surface area contributed by atoms with Crippen LogP contribution in [0.2, 0.25) is 0 Å². The normalized spacial score (nSPS) is 9.91. The van der Waals surface area contributed by atoms with Crippen LogP contribution in [0.3, 0.4) is 0 Å². The number of hydrogen-bond donors (Lipinski definition) is 3. The summed E-state index contributed by atoms with van der Waals surface area (Å²) in [5, 5.41) is 7.84. The number of aryl methyl sites for hydroxylation is 1. The van der Waals surface area contributed by atoms with Gasteiger partial charge in [-0.3, -0.25) is 14.4 Å². The van der Waals surface area contributed by atoms with Gasteiger partial charge in [0, 0.05) is 12.2 Å². The second-order valence-corrected chi connectivity index (χ2v) is 5.63. The van der Waals surface area contributed by atoms with Crippen LogP contribution >= 0.6 is 11.8 Å². The Bertz CT molecular complexity index is 535. The van der Waals surface area contributed by atoms with Crippen LogP contribution in [0.4, 0.5) is 5.69 Å². The minimum Gasteiger partial charge on any atom is -0.355 e. The van der Waals surface area contributed by atoms with Gasteiger partial charge in [0.2, 0.25) is 17.7 Å². The molecule has 3 amide bonds. The molecule has 7 heteroatoms. The Morgan fingerprint density at radius 3 is 2.45 bits per heavy atom. The van der Waals surface area contributed by atoms with Gasteiger partial charge in [-0.15, -0.1) is 11.8 Å². The van der Waals surface area contributed by atoms with E-state index in [4.69, 9.17) is 0 Å². The molecule has 0 heterocycles. The summed E-state index contributed by atoms with van der Waals surface area (Å²) in [5.41, 5.74) is 1.81. The van der Waals surface area contributed by atoms with Crippen LogP contribution in [0.1, 0.15) is 12.5 Å². The van der Waals surface area contributed by atoms with Crippen molar-refractivity contribution in [3.05, 3.63) is 29.8 Å². The molecule has 0 saturated carbocycles. The molecular formula is C15H21N3O3S. The minimum atomic E-state index is -0.264. The van der Waals surface area contributed by atoms with Gasteiger partial charge in [0.15, 0.2) is 0 Å². The van der Waals surface area contributed by atoms with Crippen LogP contribution < -0.4 is 16.0 Å². The highest BCUT2D eigenvalue weighted by molar-refractivity contribution is 8.00. The Labute approximate surface area is 134 Å². The van der Waals surface area contributed by atoms with Crippen LogP contribution in [0, 0.1) is 6.92 Å². The number of hydrogen-bond acceptors (Lipinski definition) is 4. The molecule has 1 aromatic rings. The van der Waals surface area contributed by atoms with Gasteiger partial charge in [-0.2, -0.15) is 0 Å². The summed E-state index contributed by atoms with van der Waals surface area (Å²) in [6.07, 6.45) is 0. The zero-order valence-electron chi connectivity index (χ0n) is 12.8. The molecule has 0 fully saturated rings. The number of benzene rings is 1. The molecule has 6 nitrogen and oxygen atoms in total. The van der Waals surface area contributed by atoms with Crippen molar-refractivity contribution in [2.75, 3.05) is 29.9 Å². The molecule has 22 heavy (non-hydrogen) atoms. The van der Waals surface area contributed by atoms with Crippen molar-refractivity contribution in [2.45, 2.75) is 13.8 Å². The number of thioether (sulfide) groups is 1. The largest absolute Gasteiger partial charge is 0.355 e. The van der Waals surface area contributed by atoms with Gasteiger partial charge in [-0.25, -0.2) is 0 Å². The Balaban J connectivity index is 2.19. The fraction of sp³-hybridized carbons (Fsp3) is 0.400. The molecular weight excluding hydrogens is 302 g/mol. The molecule has 0 saturated heterocycles. The summed E-state index contributed by atoms with van der Waals surface area (Å²) in [6, 6.07) is 7.51. The lowest BCUT2D eigenvalue weighted by atomic mass is 10.2. The average molecular weight is 323 g/mol. The van der Waals surface area contributed by atoms with Gasteiger partial charge in [-0.05, 0) is 31.5 Å². The molecule has 0 radical (unpaired) electrons. The van der Waals surface area contributed by atoms with E-state index in [0.29, 0.717) is 6.54 Å². The SMILES string of the molecule is CCNC(=O)CNC(=O)CSCC(=O)Nc1cccc(C)c1. The molecule has 120 valence electrons. The zero-order valence-corrected chi connectivity index (χ0v) is 13.6. The van der Waals surface area contributed by atoms with Gasteiger partial charge in [0.25, 0.3) is 0 Å². The van der Waals surface area contributed by atoms with Crippen molar-refractivity contribution < 1.29 is 14.4 Å². The number of carbonyl (C=O) groups excluding carboxylic acids is 3. The maximum absolute atomic E-state index is 11.7. The zero-order chi connectivity index (χ0) is 16.4. The van der Waals surface area contributed by atoms with E-state index in [9.17, 15) is 14.4 Å². The first-order valence-electron chi connectivity index (χ1n) is 6.99. The summed E-state index contributed by atoms with van der Waals surface area (Å²) >= 11 is 1.20. The molecule has 1 rings (SSSR count). The third-order valence-electron chi connectivity index (χ3n) is 2.59. The van der Waals surface area contributed by atoms with E-state index < -0.39 is 0 Å². The summed E-state index contributed by atoms with van der Waals surface area (Å²) < 4.78 is 0. The first-order chi connectivity index (χ1) is 10.5. The molecule has 0 spiro atoms. The van der Waals surface area contributed by atoms with Gasteiger partial charge in [0.1, 0.15) is 0 Å². The maximum Gasteiger partial charge on any atom is 0.239 e. The van der Waals surface area contributed by atoms with E-state index in [0.717, 1.165) is 11.3 Å². The van der Waals surface area contributed by atoms with Crippen molar-refractivity contribution in [1.82, 2.24) is 10.6 Å². The summed E-state index contributed by atoms with van der Waals surface area (Å²) in [5.74, 6) is -0.326. The van der Waals surface area contributed by atoms with E-state index in [-0.39, 0.29) is 35.8 Å². The second kappa shape index (κ2) is 9.83. The van der Waals surface area contributed by atoms with Crippen LogP contribution in [0.15, 0.2) is 24.3 Å². The lowest BCUT2D eigenvalue weighted by Crippen LogP contribution is -2.37. The molecule has 0 aliphatic rings. The van der Waals surface area contributed by atoms with Crippen LogP contribution in [0.5, 0.6) is 0 Å². The minimum absolute atomic E-state index is 0.0390. The molecule has 0 unspecified atom stereocenters. The first-order valence-corrected chi connectivity index (χ1v) is 8.14. The molecule has 3 N–H and O–H groups in total. The van der Waals surface area contributed by atoms with Gasteiger partial charge >= 0.3 is 0 Å². The van der Waals surface area contributed by atoms with E-state index >= 15 is 0 Å². The van der Waals surface area contributed by atoms with Crippen LogP contribution in [0.25, 0.3) is 0 Å². The predicted octanol–water partition coefficient (Wildman–Crippen LogP) is 0.919. The third kappa shape index (κ3) is 7.68. The fourth-order valence-corrected chi connectivity index (χ4v) is 2.29. The second-order valence-electron chi connectivity index (χ2n) is 4.64. The van der Waals surface area contributed by atoms with E-state index in [2.05, 4.69) is 16.0 Å². The van der Waals surface area contributed by atoms with Gasteiger partial charge in [-0.1, -0.05) is 12.1 Å². The van der Waals surface area contributed by atoms with Crippen molar-refractivity contribution in [1.29, 1.82) is 0 Å². The Morgan fingerprint density at radius 2 is 1.77 bits per heavy atom. The van der Waals surface area contributed by atoms with Crippen molar-refractivity contribution in [3.63, 3.8) is 0 Å². The predicted molar refractivity (Wildman–Crippen MR) is 88.8 cm³/mol. The molecule has 0 aliphatic carbocycles. The maximum atomic E-state index is 11.7. The molecule has 0 aromatic heterocycles. The van der Waals surface area contributed by atoms with Crippen LogP contribution in [-0.4, -0.2) is 42.3 Å². The van der Waals surface area contributed by atoms with E-state index in [1.54, 1.807) is 0 Å². The number of nitrogens with one attached hydrogen (secondary N) is 3. The lowest BCUT2D eigenvalue weighted by Gasteiger charge is -2.07. The van der Waals surface area contributed by atoms with Crippen molar-refractivity contribution in [3.8, 4) is 0 Å². The number of amides is 3. The monoisotopic (exact) mass is 323 g/mol. The Hall–Kier alpha value is -2.02. The average Bonchev–Trinajstić information content (AvgIpc) is 2.45. The van der Waals surface area contributed by atoms with Crippen LogP contribution in [-0.2, 0) is 14.4 Å². The number of rotatable bonds is 8. The third-order valence-corrected chi connectivity index (χ3v) is 3.52. The number of likely N-dealkylation sites (N-methyl/N-ethyl adjacent to an activating group) is 1. The smallest absolute Gasteiger partial charge is 0.239 e. The Morgan fingerprint density at radius 1 is 1.05 bits per heavy atom. The van der Waals surface area contributed by atoms with E-state index in [1.807, 2.05) is 38.1 Å².